The third-order valence-corrected chi connectivity index (χ3v) is 7.12. The van der Waals surface area contributed by atoms with Crippen LogP contribution in [0.3, 0.4) is 0 Å². The molecule has 168 valence electrons. The van der Waals surface area contributed by atoms with E-state index < -0.39 is 33.1 Å². The van der Waals surface area contributed by atoms with Gasteiger partial charge in [-0.15, -0.1) is 0 Å². The first-order valence-electron chi connectivity index (χ1n) is 8.69. The number of rotatable bonds is 2. The van der Waals surface area contributed by atoms with Gasteiger partial charge in [-0.25, -0.2) is 27.6 Å². The zero-order valence-corrected chi connectivity index (χ0v) is 16.8. The number of alkyl halides is 3. The van der Waals surface area contributed by atoms with Crippen molar-refractivity contribution in [3.05, 3.63) is 18.2 Å². The van der Waals surface area contributed by atoms with Gasteiger partial charge >= 0.3 is 12.1 Å². The lowest BCUT2D eigenvalue weighted by atomic mass is 9.87. The van der Waals surface area contributed by atoms with Crippen LogP contribution >= 0.6 is 0 Å². The van der Waals surface area contributed by atoms with E-state index in [-0.39, 0.29) is 30.0 Å². The van der Waals surface area contributed by atoms with Crippen molar-refractivity contribution >= 4 is 27.7 Å². The van der Waals surface area contributed by atoms with E-state index in [1.54, 1.807) is 19.0 Å². The van der Waals surface area contributed by atoms with Crippen LogP contribution in [0.1, 0.15) is 6.42 Å². The fraction of sp³-hybridized carbons (Fsp3) is 0.625. The minimum Gasteiger partial charge on any atom is -0.475 e. The van der Waals surface area contributed by atoms with Crippen molar-refractivity contribution in [2.75, 3.05) is 37.8 Å². The molecule has 1 N–H and O–H groups in total. The molecule has 30 heavy (non-hydrogen) atoms. The van der Waals surface area contributed by atoms with E-state index in [2.05, 4.69) is 9.97 Å². The number of aromatic nitrogens is 2. The van der Waals surface area contributed by atoms with Gasteiger partial charge in [-0.3, -0.25) is 4.79 Å². The van der Waals surface area contributed by atoms with Crippen LogP contribution in [0.4, 0.5) is 23.5 Å². The molecule has 2 aliphatic heterocycles. The van der Waals surface area contributed by atoms with E-state index in [0.717, 1.165) is 12.4 Å². The quantitative estimate of drug-likeness (QED) is 0.642. The number of hydrogen-bond donors (Lipinski definition) is 1. The van der Waals surface area contributed by atoms with E-state index >= 15 is 0 Å². The summed E-state index contributed by atoms with van der Waals surface area (Å²) in [6, 6.07) is 0. The number of hydrogen-bond acceptors (Lipinski definition) is 7. The number of aliphatic carboxylic acids is 1. The molecule has 1 aromatic rings. The van der Waals surface area contributed by atoms with Gasteiger partial charge in [0.05, 0.1) is 23.4 Å². The molecule has 0 aromatic carbocycles. The number of carboxylic acid groups (broad SMARTS) is 1. The predicted molar refractivity (Wildman–Crippen MR) is 95.8 cm³/mol. The maximum Gasteiger partial charge on any atom is 0.490 e. The van der Waals surface area contributed by atoms with Crippen LogP contribution in [0, 0.1) is 17.7 Å². The highest BCUT2D eigenvalue weighted by atomic mass is 32.2. The number of amides is 1. The Balaban J connectivity index is 0.000000396. The summed E-state index contributed by atoms with van der Waals surface area (Å²) in [5.74, 6) is -3.62. The summed E-state index contributed by atoms with van der Waals surface area (Å²) >= 11 is 0. The summed E-state index contributed by atoms with van der Waals surface area (Å²) in [6.45, 7) is 0.635. The number of nitrogens with zero attached hydrogens (tertiary/aromatic N) is 4. The molecule has 0 spiro atoms. The summed E-state index contributed by atoms with van der Waals surface area (Å²) < 4.78 is 69.5. The molecule has 0 aliphatic carbocycles. The minimum atomic E-state index is -5.08. The number of carboxylic acids is 1. The number of fused-ring (bicyclic) bond motifs is 1. The molecule has 14 heteroatoms. The van der Waals surface area contributed by atoms with E-state index in [0.29, 0.717) is 18.9 Å². The molecule has 2 fully saturated rings. The highest BCUT2D eigenvalue weighted by Gasteiger charge is 2.51. The van der Waals surface area contributed by atoms with E-state index in [9.17, 15) is 30.8 Å². The van der Waals surface area contributed by atoms with E-state index in [1.165, 1.54) is 4.90 Å². The lowest BCUT2D eigenvalue weighted by molar-refractivity contribution is -0.192. The van der Waals surface area contributed by atoms with Crippen molar-refractivity contribution in [3.8, 4) is 0 Å². The van der Waals surface area contributed by atoms with Crippen molar-refractivity contribution < 1.29 is 40.7 Å². The Morgan fingerprint density at radius 3 is 2.20 bits per heavy atom. The van der Waals surface area contributed by atoms with Crippen LogP contribution in [0.15, 0.2) is 12.4 Å². The first-order valence-corrected chi connectivity index (χ1v) is 10.4. The third kappa shape index (κ3) is 5.34. The summed E-state index contributed by atoms with van der Waals surface area (Å²) in [5, 5.41) is 6.53. The summed E-state index contributed by atoms with van der Waals surface area (Å²) in [4.78, 5) is 32.3. The van der Waals surface area contributed by atoms with Gasteiger partial charge in [0, 0.05) is 39.0 Å². The maximum atomic E-state index is 13.0. The van der Waals surface area contributed by atoms with Crippen LogP contribution in [-0.4, -0.2) is 84.6 Å². The Hall–Kier alpha value is -2.51. The Kier molecular flexibility index (Phi) is 6.89. The monoisotopic (exact) mass is 456 g/mol. The normalized spacial score (nSPS) is 25.0. The zero-order chi connectivity index (χ0) is 22.9. The average Bonchev–Trinajstić information content (AvgIpc) is 3.08. The van der Waals surface area contributed by atoms with Crippen LogP contribution in [0.25, 0.3) is 0 Å². The number of halogens is 4. The topological polar surface area (TPSA) is 121 Å². The van der Waals surface area contributed by atoms with E-state index in [4.69, 9.17) is 9.90 Å². The Morgan fingerprint density at radius 1 is 1.20 bits per heavy atom. The fourth-order valence-electron chi connectivity index (χ4n) is 3.49. The summed E-state index contributed by atoms with van der Waals surface area (Å²) in [7, 11) is 0.110. The minimum absolute atomic E-state index is 0.0243. The van der Waals surface area contributed by atoms with Gasteiger partial charge in [-0.2, -0.15) is 13.2 Å². The Bertz CT molecular complexity index is 892. The first kappa shape index (κ1) is 23.8. The first-order chi connectivity index (χ1) is 13.7. The largest absolute Gasteiger partial charge is 0.490 e. The van der Waals surface area contributed by atoms with Gasteiger partial charge in [0.15, 0.2) is 15.7 Å². The van der Waals surface area contributed by atoms with Crippen molar-refractivity contribution in [3.63, 3.8) is 0 Å². The smallest absolute Gasteiger partial charge is 0.475 e. The molecule has 2 saturated heterocycles. The van der Waals surface area contributed by atoms with Crippen molar-refractivity contribution in [1.82, 2.24) is 14.9 Å². The third-order valence-electron chi connectivity index (χ3n) is 4.89. The van der Waals surface area contributed by atoms with Gasteiger partial charge in [-0.05, 0) is 6.42 Å². The Morgan fingerprint density at radius 2 is 1.73 bits per heavy atom. The summed E-state index contributed by atoms with van der Waals surface area (Å²) in [5.41, 5.74) is 0. The highest BCUT2D eigenvalue weighted by molar-refractivity contribution is 7.92. The van der Waals surface area contributed by atoms with Crippen LogP contribution < -0.4 is 4.90 Å². The number of anilines is 1. The molecule has 0 radical (unpaired) electrons. The van der Waals surface area contributed by atoms with Crippen LogP contribution in [0.2, 0.25) is 0 Å². The molecular formula is C16H20F4N4O5S. The van der Waals surface area contributed by atoms with Gasteiger partial charge in [0.2, 0.25) is 11.9 Å². The van der Waals surface area contributed by atoms with Gasteiger partial charge in [0.1, 0.15) is 0 Å². The van der Waals surface area contributed by atoms with Crippen LogP contribution in [-0.2, 0) is 19.4 Å². The molecule has 3 rings (SSSR count). The van der Waals surface area contributed by atoms with Crippen molar-refractivity contribution in [2.45, 2.75) is 17.8 Å². The second-order valence-corrected chi connectivity index (χ2v) is 9.45. The van der Waals surface area contributed by atoms with Gasteiger partial charge in [0.25, 0.3) is 0 Å². The SMILES string of the molecule is CN(C)C(=O)[C@H]1CCS(=O)(=O)[C@@H]2CN(c3ncc(F)cn3)C[C@H]12.O=C(O)C(F)(F)F. The molecule has 0 saturated carbocycles. The van der Waals surface area contributed by atoms with Crippen molar-refractivity contribution in [1.29, 1.82) is 0 Å². The second kappa shape index (κ2) is 8.70. The molecule has 2 aliphatic rings. The molecule has 1 amide bonds. The van der Waals surface area contributed by atoms with Gasteiger partial charge in [-0.1, -0.05) is 0 Å². The molecule has 0 bridgehead atoms. The molecule has 1 aromatic heterocycles. The number of sulfone groups is 1. The standard InChI is InChI=1S/C14H19FN4O3S.C2HF3O2/c1-18(2)13(20)10-3-4-23(21,22)12-8-19(7-11(10)12)14-16-5-9(15)6-17-14;3-2(4,5)1(6)7/h5-6,10-12H,3-4,7-8H2,1-2H3;(H,6,7)/t10-,11+,12+;/m0./s1. The molecule has 9 nitrogen and oxygen atoms in total. The average molecular weight is 456 g/mol. The van der Waals surface area contributed by atoms with E-state index in [1.807, 2.05) is 0 Å². The molecule has 3 heterocycles. The molecule has 3 atom stereocenters. The van der Waals surface area contributed by atoms with Crippen LogP contribution in [0.5, 0.6) is 0 Å². The molecule has 0 unspecified atom stereocenters. The lowest BCUT2D eigenvalue weighted by Gasteiger charge is -2.33. The summed E-state index contributed by atoms with van der Waals surface area (Å²) in [6.07, 6.45) is -2.62. The lowest BCUT2D eigenvalue weighted by Crippen LogP contribution is -2.46. The maximum absolute atomic E-state index is 13.0. The number of carbonyl (C=O) groups excluding carboxylic acids is 1. The van der Waals surface area contributed by atoms with Crippen molar-refractivity contribution in [2.24, 2.45) is 11.8 Å². The highest BCUT2D eigenvalue weighted by Crippen LogP contribution is 2.38. The fourth-order valence-corrected chi connectivity index (χ4v) is 5.59. The Labute approximate surface area is 169 Å². The molecular weight excluding hydrogens is 436 g/mol. The predicted octanol–water partition coefficient (Wildman–Crippen LogP) is 0.577. The number of carbonyl (C=O) groups is 2. The second-order valence-electron chi connectivity index (χ2n) is 7.11. The zero-order valence-electron chi connectivity index (χ0n) is 16.0. The van der Waals surface area contributed by atoms with Gasteiger partial charge < -0.3 is 14.9 Å².